The van der Waals surface area contributed by atoms with Crippen molar-refractivity contribution in [2.45, 2.75) is 25.9 Å². The number of hydrogen-bond donors (Lipinski definition) is 2. The van der Waals surface area contributed by atoms with Gasteiger partial charge in [0, 0.05) is 12.2 Å². The fourth-order valence-corrected chi connectivity index (χ4v) is 2.95. The van der Waals surface area contributed by atoms with Crippen molar-refractivity contribution >= 4 is 17.8 Å². The Hall–Kier alpha value is -3.59. The highest BCUT2D eigenvalue weighted by Gasteiger charge is 2.16. The summed E-state index contributed by atoms with van der Waals surface area (Å²) in [4.78, 5) is 35.7. The number of hydrazine groups is 1. The van der Waals surface area contributed by atoms with E-state index in [1.807, 2.05) is 0 Å². The lowest BCUT2D eigenvalue weighted by atomic mass is 10.2. The van der Waals surface area contributed by atoms with E-state index in [9.17, 15) is 14.4 Å². The van der Waals surface area contributed by atoms with Gasteiger partial charge in [-0.1, -0.05) is 0 Å². The summed E-state index contributed by atoms with van der Waals surface area (Å²) in [6, 6.07) is 12.8. The van der Waals surface area contributed by atoms with Crippen LogP contribution in [0.25, 0.3) is 0 Å². The highest BCUT2D eigenvalue weighted by atomic mass is 16.5. The average Bonchev–Trinajstić information content (AvgIpc) is 3.34. The van der Waals surface area contributed by atoms with E-state index >= 15 is 0 Å². The first-order valence-corrected chi connectivity index (χ1v) is 10.4. The largest absolute Gasteiger partial charge is 0.491 e. The van der Waals surface area contributed by atoms with Crippen molar-refractivity contribution in [1.29, 1.82) is 0 Å². The molecule has 1 aliphatic heterocycles. The standard InChI is InChI=1S/C23H26N2O7/c1-2-29-23(28)17-7-11-19(12-8-17)32-15-21(26)24-25-22(27)16-5-9-18(10-6-16)31-14-20-4-3-13-30-20/h5-12,20H,2-4,13-15H2,1H3,(H,24,26)(H,25,27). The molecular weight excluding hydrogens is 416 g/mol. The van der Waals surface area contributed by atoms with Crippen LogP contribution < -0.4 is 20.3 Å². The minimum atomic E-state index is -0.538. The molecule has 2 N–H and O–H groups in total. The topological polar surface area (TPSA) is 112 Å². The van der Waals surface area contributed by atoms with Crippen molar-refractivity contribution in [2.24, 2.45) is 0 Å². The van der Waals surface area contributed by atoms with Crippen molar-refractivity contribution in [2.75, 3.05) is 26.4 Å². The van der Waals surface area contributed by atoms with Gasteiger partial charge in [0.1, 0.15) is 18.1 Å². The van der Waals surface area contributed by atoms with Gasteiger partial charge >= 0.3 is 5.97 Å². The SMILES string of the molecule is CCOC(=O)c1ccc(OCC(=O)NNC(=O)c2ccc(OCC3CCCO3)cc2)cc1. The lowest BCUT2D eigenvalue weighted by Gasteiger charge is -2.12. The lowest BCUT2D eigenvalue weighted by Crippen LogP contribution is -2.43. The third kappa shape index (κ3) is 6.98. The first-order chi connectivity index (χ1) is 15.5. The Kier molecular flexibility index (Phi) is 8.44. The Morgan fingerprint density at radius 2 is 1.59 bits per heavy atom. The van der Waals surface area contributed by atoms with Crippen LogP contribution in [0.5, 0.6) is 11.5 Å². The maximum atomic E-state index is 12.2. The Bertz CT molecular complexity index is 907. The number of rotatable bonds is 9. The van der Waals surface area contributed by atoms with Gasteiger partial charge in [0.05, 0.1) is 18.3 Å². The molecule has 0 aliphatic carbocycles. The predicted octanol–water partition coefficient (Wildman–Crippen LogP) is 2.26. The minimum absolute atomic E-state index is 0.117. The van der Waals surface area contributed by atoms with Crippen molar-refractivity contribution in [3.8, 4) is 11.5 Å². The summed E-state index contributed by atoms with van der Waals surface area (Å²) >= 11 is 0. The van der Waals surface area contributed by atoms with Gasteiger partial charge in [-0.3, -0.25) is 20.4 Å². The van der Waals surface area contributed by atoms with Crippen LogP contribution >= 0.6 is 0 Å². The van der Waals surface area contributed by atoms with Crippen LogP contribution in [0.2, 0.25) is 0 Å². The number of ether oxygens (including phenoxy) is 4. The van der Waals surface area contributed by atoms with Gasteiger partial charge in [-0.15, -0.1) is 0 Å². The van der Waals surface area contributed by atoms with Gasteiger partial charge in [0.2, 0.25) is 0 Å². The van der Waals surface area contributed by atoms with E-state index in [4.69, 9.17) is 18.9 Å². The van der Waals surface area contributed by atoms with Crippen LogP contribution in [0.4, 0.5) is 0 Å². The average molecular weight is 442 g/mol. The van der Waals surface area contributed by atoms with E-state index in [1.54, 1.807) is 55.5 Å². The number of carbonyl (C=O) groups excluding carboxylic acids is 3. The molecule has 0 saturated carbocycles. The Morgan fingerprint density at radius 3 is 2.22 bits per heavy atom. The zero-order valence-electron chi connectivity index (χ0n) is 17.8. The van der Waals surface area contributed by atoms with E-state index in [2.05, 4.69) is 10.9 Å². The number of carbonyl (C=O) groups is 3. The summed E-state index contributed by atoms with van der Waals surface area (Å²) in [6.45, 7) is 2.95. The molecule has 170 valence electrons. The minimum Gasteiger partial charge on any atom is -0.491 e. The summed E-state index contributed by atoms with van der Waals surface area (Å²) in [7, 11) is 0. The summed E-state index contributed by atoms with van der Waals surface area (Å²) in [6.07, 6.45) is 2.15. The molecule has 1 atom stereocenters. The molecule has 1 aliphatic rings. The number of nitrogens with one attached hydrogen (secondary N) is 2. The summed E-state index contributed by atoms with van der Waals surface area (Å²) in [5.41, 5.74) is 5.37. The molecule has 32 heavy (non-hydrogen) atoms. The maximum Gasteiger partial charge on any atom is 0.338 e. The summed E-state index contributed by atoms with van der Waals surface area (Å²) < 4.78 is 21.4. The Balaban J connectivity index is 1.37. The second kappa shape index (κ2) is 11.7. The molecule has 2 amide bonds. The first kappa shape index (κ1) is 23.1. The van der Waals surface area contributed by atoms with Gasteiger partial charge in [-0.25, -0.2) is 4.79 Å². The molecule has 1 unspecified atom stereocenters. The summed E-state index contributed by atoms with van der Waals surface area (Å²) in [5.74, 6) is -0.393. The molecule has 9 nitrogen and oxygen atoms in total. The molecule has 3 rings (SSSR count). The smallest absolute Gasteiger partial charge is 0.338 e. The molecule has 1 heterocycles. The van der Waals surface area contributed by atoms with Crippen LogP contribution in [-0.4, -0.2) is 50.3 Å². The fraction of sp³-hybridized carbons (Fsp3) is 0.348. The van der Waals surface area contributed by atoms with Gasteiger partial charge in [0.15, 0.2) is 6.61 Å². The molecule has 9 heteroatoms. The molecule has 1 fully saturated rings. The Labute approximate surface area is 186 Å². The highest BCUT2D eigenvalue weighted by Crippen LogP contribution is 2.17. The highest BCUT2D eigenvalue weighted by molar-refractivity contribution is 5.95. The van der Waals surface area contributed by atoms with Crippen molar-refractivity contribution in [1.82, 2.24) is 10.9 Å². The third-order valence-electron chi connectivity index (χ3n) is 4.63. The van der Waals surface area contributed by atoms with Crippen molar-refractivity contribution < 1.29 is 33.3 Å². The van der Waals surface area contributed by atoms with Crippen LogP contribution in [0.3, 0.4) is 0 Å². The number of hydrogen-bond acceptors (Lipinski definition) is 7. The Morgan fingerprint density at radius 1 is 0.938 bits per heavy atom. The molecule has 2 aromatic rings. The quantitative estimate of drug-likeness (QED) is 0.453. The van der Waals surface area contributed by atoms with Crippen molar-refractivity contribution in [3.05, 3.63) is 59.7 Å². The summed E-state index contributed by atoms with van der Waals surface area (Å²) in [5, 5.41) is 0. The fourth-order valence-electron chi connectivity index (χ4n) is 2.95. The zero-order chi connectivity index (χ0) is 22.8. The molecular formula is C23H26N2O7. The zero-order valence-corrected chi connectivity index (χ0v) is 17.8. The van der Waals surface area contributed by atoms with E-state index in [0.717, 1.165) is 19.4 Å². The van der Waals surface area contributed by atoms with Crippen LogP contribution in [0, 0.1) is 0 Å². The van der Waals surface area contributed by atoms with E-state index < -0.39 is 17.8 Å². The van der Waals surface area contributed by atoms with Crippen molar-refractivity contribution in [3.63, 3.8) is 0 Å². The van der Waals surface area contributed by atoms with E-state index in [0.29, 0.717) is 29.2 Å². The van der Waals surface area contributed by atoms with Gasteiger partial charge < -0.3 is 18.9 Å². The van der Waals surface area contributed by atoms with Crippen LogP contribution in [0.15, 0.2) is 48.5 Å². The third-order valence-corrected chi connectivity index (χ3v) is 4.63. The van der Waals surface area contributed by atoms with E-state index in [1.165, 1.54) is 0 Å². The monoisotopic (exact) mass is 442 g/mol. The van der Waals surface area contributed by atoms with E-state index in [-0.39, 0.29) is 19.3 Å². The predicted molar refractivity (Wildman–Crippen MR) is 114 cm³/mol. The molecule has 1 saturated heterocycles. The molecule has 2 aromatic carbocycles. The molecule has 0 bridgehead atoms. The molecule has 0 aromatic heterocycles. The normalized spacial score (nSPS) is 15.0. The van der Waals surface area contributed by atoms with Gasteiger partial charge in [0.25, 0.3) is 11.8 Å². The number of esters is 1. The van der Waals surface area contributed by atoms with Gasteiger partial charge in [-0.2, -0.15) is 0 Å². The molecule has 0 radical (unpaired) electrons. The number of benzene rings is 2. The maximum absolute atomic E-state index is 12.2. The molecule has 0 spiro atoms. The number of amides is 2. The first-order valence-electron chi connectivity index (χ1n) is 10.4. The van der Waals surface area contributed by atoms with Gasteiger partial charge in [-0.05, 0) is 68.3 Å². The van der Waals surface area contributed by atoms with Crippen LogP contribution in [-0.2, 0) is 14.3 Å². The second-order valence-corrected chi connectivity index (χ2v) is 7.01. The lowest BCUT2D eigenvalue weighted by molar-refractivity contribution is -0.123. The van der Waals surface area contributed by atoms with Crippen LogP contribution in [0.1, 0.15) is 40.5 Å². The second-order valence-electron chi connectivity index (χ2n) is 7.01.